The second kappa shape index (κ2) is 9.52. The molecule has 0 saturated carbocycles. The third-order valence-corrected chi connectivity index (χ3v) is 5.77. The number of carbonyl (C=O) groups is 2. The van der Waals surface area contributed by atoms with Crippen molar-refractivity contribution < 1.29 is 19.1 Å². The van der Waals surface area contributed by atoms with Crippen molar-refractivity contribution in [2.45, 2.75) is 6.54 Å². The van der Waals surface area contributed by atoms with Crippen molar-refractivity contribution in [3.05, 3.63) is 74.6 Å². The molecule has 0 N–H and O–H groups in total. The molecule has 29 heavy (non-hydrogen) atoms. The van der Waals surface area contributed by atoms with Gasteiger partial charge in [0.1, 0.15) is 6.61 Å². The van der Waals surface area contributed by atoms with Gasteiger partial charge in [-0.05, 0) is 69.2 Å². The Morgan fingerprint density at radius 2 is 1.97 bits per heavy atom. The van der Waals surface area contributed by atoms with Gasteiger partial charge in [0.2, 0.25) is 0 Å². The molecule has 0 aliphatic carbocycles. The lowest BCUT2D eigenvalue weighted by Gasteiger charge is -2.13. The van der Waals surface area contributed by atoms with E-state index >= 15 is 0 Å². The van der Waals surface area contributed by atoms with Gasteiger partial charge in [0.15, 0.2) is 11.5 Å². The first kappa shape index (κ1) is 21.5. The van der Waals surface area contributed by atoms with E-state index in [-0.39, 0.29) is 17.7 Å². The van der Waals surface area contributed by atoms with Crippen molar-refractivity contribution in [1.82, 2.24) is 4.90 Å². The molecule has 0 atom stereocenters. The number of hydrogen-bond acceptors (Lipinski definition) is 5. The highest BCUT2D eigenvalue weighted by atomic mass is 79.9. The average molecular weight is 495 g/mol. The standard InChI is InChI=1S/C21H17BrClNO4S/c1-3-8-28-19-16(22)9-14(10-17(19)27-2)11-18-20(25)24(21(26)29-18)12-13-4-6-15(23)7-5-13/h3-7,9-11H,1,8,12H2,2H3/b18-11-. The fourth-order valence-corrected chi connectivity index (χ4v) is 4.20. The van der Waals surface area contributed by atoms with Gasteiger partial charge in [-0.15, -0.1) is 0 Å². The quantitative estimate of drug-likeness (QED) is 0.354. The van der Waals surface area contributed by atoms with Gasteiger partial charge in [-0.1, -0.05) is 36.4 Å². The Labute approximate surface area is 186 Å². The summed E-state index contributed by atoms with van der Waals surface area (Å²) in [5.41, 5.74) is 1.53. The zero-order valence-electron chi connectivity index (χ0n) is 15.5. The van der Waals surface area contributed by atoms with E-state index in [0.717, 1.165) is 17.3 Å². The summed E-state index contributed by atoms with van der Waals surface area (Å²) < 4.78 is 11.7. The van der Waals surface area contributed by atoms with Gasteiger partial charge < -0.3 is 9.47 Å². The number of halogens is 2. The van der Waals surface area contributed by atoms with Gasteiger partial charge in [-0.2, -0.15) is 0 Å². The second-order valence-corrected chi connectivity index (χ2v) is 8.31. The highest BCUT2D eigenvalue weighted by Crippen LogP contribution is 2.39. The molecule has 0 spiro atoms. The number of rotatable bonds is 7. The van der Waals surface area contributed by atoms with Crippen molar-refractivity contribution in [2.75, 3.05) is 13.7 Å². The number of methoxy groups -OCH3 is 1. The molecule has 1 fully saturated rings. The van der Waals surface area contributed by atoms with Crippen LogP contribution in [-0.4, -0.2) is 29.8 Å². The Balaban J connectivity index is 1.84. The SMILES string of the molecule is C=CCOc1c(Br)cc(/C=C2\SC(=O)N(Cc3ccc(Cl)cc3)C2=O)cc1OC. The lowest BCUT2D eigenvalue weighted by Crippen LogP contribution is -2.27. The summed E-state index contributed by atoms with van der Waals surface area (Å²) in [4.78, 5) is 26.7. The van der Waals surface area contributed by atoms with Crippen LogP contribution in [0.5, 0.6) is 11.5 Å². The molecule has 0 radical (unpaired) electrons. The van der Waals surface area contributed by atoms with Crippen molar-refractivity contribution in [3.8, 4) is 11.5 Å². The molecule has 150 valence electrons. The summed E-state index contributed by atoms with van der Waals surface area (Å²) in [5.74, 6) is 0.713. The molecule has 8 heteroatoms. The minimum atomic E-state index is -0.336. The minimum Gasteiger partial charge on any atom is -0.493 e. The normalized spacial score (nSPS) is 15.1. The maximum atomic E-state index is 12.8. The van der Waals surface area contributed by atoms with Crippen molar-refractivity contribution >= 4 is 56.5 Å². The van der Waals surface area contributed by atoms with Crippen molar-refractivity contribution in [2.24, 2.45) is 0 Å². The number of amides is 2. The third-order valence-electron chi connectivity index (χ3n) is 4.02. The van der Waals surface area contributed by atoms with E-state index in [2.05, 4.69) is 22.5 Å². The minimum absolute atomic E-state index is 0.195. The molecule has 2 amide bonds. The van der Waals surface area contributed by atoms with Crippen LogP contribution in [0.4, 0.5) is 4.79 Å². The molecule has 3 rings (SSSR count). The summed E-state index contributed by atoms with van der Waals surface area (Å²) in [7, 11) is 1.53. The molecule has 0 aromatic heterocycles. The average Bonchev–Trinajstić information content (AvgIpc) is 2.95. The number of carbonyl (C=O) groups excluding carboxylic acids is 2. The smallest absolute Gasteiger partial charge is 0.293 e. The molecule has 2 aromatic carbocycles. The maximum Gasteiger partial charge on any atom is 0.293 e. The van der Waals surface area contributed by atoms with E-state index < -0.39 is 0 Å². The first-order valence-corrected chi connectivity index (χ1v) is 10.5. The highest BCUT2D eigenvalue weighted by molar-refractivity contribution is 9.10. The van der Waals surface area contributed by atoms with E-state index in [1.807, 2.05) is 0 Å². The lowest BCUT2D eigenvalue weighted by atomic mass is 10.1. The molecule has 0 bridgehead atoms. The molecule has 5 nitrogen and oxygen atoms in total. The molecule has 1 heterocycles. The Bertz CT molecular complexity index is 991. The number of thioether (sulfide) groups is 1. The van der Waals surface area contributed by atoms with Crippen LogP contribution < -0.4 is 9.47 Å². The molecular formula is C21H17BrClNO4S. The van der Waals surface area contributed by atoms with Gasteiger partial charge in [-0.25, -0.2) is 0 Å². The third kappa shape index (κ3) is 5.04. The predicted octanol–water partition coefficient (Wildman–Crippen LogP) is 5.91. The van der Waals surface area contributed by atoms with Gasteiger partial charge in [-0.3, -0.25) is 14.5 Å². The molecular weight excluding hydrogens is 478 g/mol. The second-order valence-electron chi connectivity index (χ2n) is 6.03. The fourth-order valence-electron chi connectivity index (χ4n) is 2.67. The predicted molar refractivity (Wildman–Crippen MR) is 119 cm³/mol. The number of imide groups is 1. The molecule has 2 aromatic rings. The van der Waals surface area contributed by atoms with Gasteiger partial charge in [0, 0.05) is 5.02 Å². The molecule has 1 aliphatic rings. The van der Waals surface area contributed by atoms with E-state index in [9.17, 15) is 9.59 Å². The van der Waals surface area contributed by atoms with E-state index in [1.54, 1.807) is 48.6 Å². The van der Waals surface area contributed by atoms with E-state index in [4.69, 9.17) is 21.1 Å². The van der Waals surface area contributed by atoms with Gasteiger partial charge in [0.25, 0.3) is 11.1 Å². The fraction of sp³-hybridized carbons (Fsp3) is 0.143. The van der Waals surface area contributed by atoms with Crippen molar-refractivity contribution in [1.29, 1.82) is 0 Å². The zero-order chi connectivity index (χ0) is 21.0. The van der Waals surface area contributed by atoms with Crippen molar-refractivity contribution in [3.63, 3.8) is 0 Å². The van der Waals surface area contributed by atoms with Crippen LogP contribution >= 0.6 is 39.3 Å². The first-order chi connectivity index (χ1) is 13.9. The summed E-state index contributed by atoms with van der Waals surface area (Å²) in [6.45, 7) is 4.16. The Kier molecular flexibility index (Phi) is 7.05. The Morgan fingerprint density at radius 1 is 1.24 bits per heavy atom. The Hall–Kier alpha value is -2.22. The van der Waals surface area contributed by atoms with Crippen LogP contribution in [0, 0.1) is 0 Å². The topological polar surface area (TPSA) is 55.8 Å². The van der Waals surface area contributed by atoms with Crippen LogP contribution in [0.2, 0.25) is 5.02 Å². The van der Waals surface area contributed by atoms with Gasteiger partial charge in [0.05, 0.1) is 23.0 Å². The van der Waals surface area contributed by atoms with Crippen LogP contribution in [-0.2, 0) is 11.3 Å². The molecule has 0 unspecified atom stereocenters. The van der Waals surface area contributed by atoms with Gasteiger partial charge >= 0.3 is 0 Å². The van der Waals surface area contributed by atoms with Crippen LogP contribution in [0.25, 0.3) is 6.08 Å². The molecule has 1 saturated heterocycles. The largest absolute Gasteiger partial charge is 0.493 e. The maximum absolute atomic E-state index is 12.8. The van der Waals surface area contributed by atoms with Crippen LogP contribution in [0.1, 0.15) is 11.1 Å². The van der Waals surface area contributed by atoms with E-state index in [0.29, 0.717) is 38.1 Å². The number of nitrogens with zero attached hydrogens (tertiary/aromatic N) is 1. The summed E-state index contributed by atoms with van der Waals surface area (Å²) in [6.07, 6.45) is 3.30. The lowest BCUT2D eigenvalue weighted by molar-refractivity contribution is -0.123. The Morgan fingerprint density at radius 3 is 2.62 bits per heavy atom. The first-order valence-electron chi connectivity index (χ1n) is 8.54. The highest BCUT2D eigenvalue weighted by Gasteiger charge is 2.35. The summed E-state index contributed by atoms with van der Waals surface area (Å²) >= 11 is 10.3. The van der Waals surface area contributed by atoms with Crippen LogP contribution in [0.15, 0.2) is 58.4 Å². The number of ether oxygens (including phenoxy) is 2. The summed E-state index contributed by atoms with van der Waals surface area (Å²) in [5, 5.41) is 0.288. The zero-order valence-corrected chi connectivity index (χ0v) is 18.6. The number of benzene rings is 2. The van der Waals surface area contributed by atoms with Crippen LogP contribution in [0.3, 0.4) is 0 Å². The summed E-state index contributed by atoms with van der Waals surface area (Å²) in [6, 6.07) is 10.6. The van der Waals surface area contributed by atoms with E-state index in [1.165, 1.54) is 12.0 Å². The molecule has 1 aliphatic heterocycles. The monoisotopic (exact) mass is 493 g/mol. The number of hydrogen-bond donors (Lipinski definition) is 0.